The normalized spacial score (nSPS) is 11.5. The maximum Gasteiger partial charge on any atom is 0.272 e. The SMILES string of the molecule is CCCOc1ccc(/C(C)=N/NC(=O)c2cc(-c3ccc(CC)cc3)nc3c(Cl)cccc23)cc1. The van der Waals surface area contributed by atoms with Crippen molar-refractivity contribution in [3.05, 3.63) is 94.5 Å². The Kier molecular flexibility index (Phi) is 7.78. The highest BCUT2D eigenvalue weighted by atomic mass is 35.5. The summed E-state index contributed by atoms with van der Waals surface area (Å²) in [4.78, 5) is 18.0. The first-order valence-corrected chi connectivity index (χ1v) is 12.1. The van der Waals surface area contributed by atoms with Gasteiger partial charge in [0.15, 0.2) is 0 Å². The number of benzene rings is 3. The van der Waals surface area contributed by atoms with Gasteiger partial charge in [-0.15, -0.1) is 0 Å². The van der Waals surface area contributed by atoms with Crippen LogP contribution in [0.1, 0.15) is 48.7 Å². The van der Waals surface area contributed by atoms with Crippen LogP contribution in [-0.4, -0.2) is 23.2 Å². The molecule has 0 radical (unpaired) electrons. The van der Waals surface area contributed by atoms with E-state index in [0.717, 1.165) is 29.7 Å². The van der Waals surface area contributed by atoms with E-state index in [1.54, 1.807) is 12.1 Å². The van der Waals surface area contributed by atoms with Crippen molar-refractivity contribution in [2.24, 2.45) is 5.10 Å². The first-order chi connectivity index (χ1) is 17.0. The lowest BCUT2D eigenvalue weighted by molar-refractivity contribution is 0.0956. The van der Waals surface area contributed by atoms with Gasteiger partial charge in [-0.1, -0.05) is 61.8 Å². The Labute approximate surface area is 210 Å². The summed E-state index contributed by atoms with van der Waals surface area (Å²) >= 11 is 6.46. The van der Waals surface area contributed by atoms with E-state index in [2.05, 4.69) is 36.5 Å². The summed E-state index contributed by atoms with van der Waals surface area (Å²) in [6.45, 7) is 6.71. The molecule has 0 aliphatic carbocycles. The molecule has 1 heterocycles. The van der Waals surface area contributed by atoms with Gasteiger partial charge >= 0.3 is 0 Å². The van der Waals surface area contributed by atoms with Crippen LogP contribution in [0.5, 0.6) is 5.75 Å². The van der Waals surface area contributed by atoms with Gasteiger partial charge in [-0.05, 0) is 67.3 Å². The minimum atomic E-state index is -0.326. The lowest BCUT2D eigenvalue weighted by Gasteiger charge is -2.11. The van der Waals surface area contributed by atoms with Crippen LogP contribution in [0.4, 0.5) is 0 Å². The number of pyridine rings is 1. The third-order valence-electron chi connectivity index (χ3n) is 5.76. The summed E-state index contributed by atoms with van der Waals surface area (Å²) < 4.78 is 5.63. The topological polar surface area (TPSA) is 63.6 Å². The molecular weight excluding hydrogens is 458 g/mol. The number of carbonyl (C=O) groups is 1. The van der Waals surface area contributed by atoms with E-state index < -0.39 is 0 Å². The second-order valence-corrected chi connectivity index (χ2v) is 8.66. The molecule has 0 saturated carbocycles. The minimum Gasteiger partial charge on any atom is -0.494 e. The van der Waals surface area contributed by atoms with Crippen LogP contribution in [0.2, 0.25) is 5.02 Å². The number of carbonyl (C=O) groups excluding carboxylic acids is 1. The van der Waals surface area contributed by atoms with Gasteiger partial charge in [0.25, 0.3) is 5.91 Å². The Bertz CT molecular complexity index is 1360. The third-order valence-corrected chi connectivity index (χ3v) is 6.07. The number of para-hydroxylation sites is 1. The van der Waals surface area contributed by atoms with Crippen molar-refractivity contribution in [2.45, 2.75) is 33.6 Å². The molecule has 0 spiro atoms. The number of fused-ring (bicyclic) bond motifs is 1. The summed E-state index contributed by atoms with van der Waals surface area (Å²) in [5.41, 5.74) is 8.17. The highest BCUT2D eigenvalue weighted by molar-refractivity contribution is 6.35. The number of amides is 1. The Morgan fingerprint density at radius 3 is 2.46 bits per heavy atom. The molecule has 4 rings (SSSR count). The van der Waals surface area contributed by atoms with Crippen molar-refractivity contribution in [2.75, 3.05) is 6.61 Å². The van der Waals surface area contributed by atoms with Crippen LogP contribution in [0.3, 0.4) is 0 Å². The number of aryl methyl sites for hydroxylation is 1. The number of hydrogen-bond acceptors (Lipinski definition) is 4. The minimum absolute atomic E-state index is 0.326. The van der Waals surface area contributed by atoms with E-state index >= 15 is 0 Å². The number of rotatable bonds is 8. The number of halogens is 1. The molecule has 6 heteroatoms. The van der Waals surface area contributed by atoms with Gasteiger partial charge < -0.3 is 4.74 Å². The van der Waals surface area contributed by atoms with E-state index in [-0.39, 0.29) is 5.91 Å². The average molecular weight is 486 g/mol. The van der Waals surface area contributed by atoms with Gasteiger partial charge in [-0.2, -0.15) is 5.10 Å². The number of hydrazone groups is 1. The summed E-state index contributed by atoms with van der Waals surface area (Å²) in [5, 5.41) is 5.51. The van der Waals surface area contributed by atoms with Gasteiger partial charge in [0.1, 0.15) is 5.75 Å². The van der Waals surface area contributed by atoms with Crippen LogP contribution in [0.15, 0.2) is 77.9 Å². The van der Waals surface area contributed by atoms with Crippen molar-refractivity contribution in [1.29, 1.82) is 0 Å². The third kappa shape index (κ3) is 5.69. The maximum absolute atomic E-state index is 13.3. The molecule has 0 fully saturated rings. The van der Waals surface area contributed by atoms with E-state index in [1.165, 1.54) is 5.56 Å². The van der Waals surface area contributed by atoms with E-state index in [1.807, 2.05) is 55.5 Å². The fourth-order valence-corrected chi connectivity index (χ4v) is 3.95. The number of hydrogen-bond donors (Lipinski definition) is 1. The Balaban J connectivity index is 1.63. The fraction of sp³-hybridized carbons (Fsp3) is 0.207. The van der Waals surface area contributed by atoms with E-state index in [9.17, 15) is 4.79 Å². The smallest absolute Gasteiger partial charge is 0.272 e. The van der Waals surface area contributed by atoms with Crippen LogP contribution < -0.4 is 10.2 Å². The molecule has 0 saturated heterocycles. The van der Waals surface area contributed by atoms with Gasteiger partial charge in [-0.3, -0.25) is 4.79 Å². The largest absolute Gasteiger partial charge is 0.494 e. The number of nitrogens with one attached hydrogen (secondary N) is 1. The number of nitrogens with zero attached hydrogens (tertiary/aromatic N) is 2. The molecule has 0 atom stereocenters. The van der Waals surface area contributed by atoms with Crippen molar-refractivity contribution in [3.8, 4) is 17.0 Å². The number of aromatic nitrogens is 1. The Hall–Kier alpha value is -3.70. The highest BCUT2D eigenvalue weighted by Crippen LogP contribution is 2.29. The molecule has 0 bridgehead atoms. The van der Waals surface area contributed by atoms with Gasteiger partial charge in [-0.25, -0.2) is 10.4 Å². The quantitative estimate of drug-likeness (QED) is 0.214. The van der Waals surface area contributed by atoms with Crippen molar-refractivity contribution >= 4 is 34.1 Å². The van der Waals surface area contributed by atoms with Gasteiger partial charge in [0, 0.05) is 10.9 Å². The van der Waals surface area contributed by atoms with E-state index in [0.29, 0.717) is 39.5 Å². The summed E-state index contributed by atoms with van der Waals surface area (Å²) in [6, 6.07) is 23.1. The highest BCUT2D eigenvalue weighted by Gasteiger charge is 2.16. The Morgan fingerprint density at radius 2 is 1.77 bits per heavy atom. The lowest BCUT2D eigenvalue weighted by Crippen LogP contribution is -2.20. The molecule has 4 aromatic rings. The van der Waals surface area contributed by atoms with Crippen molar-refractivity contribution in [3.63, 3.8) is 0 Å². The molecule has 3 aromatic carbocycles. The van der Waals surface area contributed by atoms with Gasteiger partial charge in [0.05, 0.1) is 34.1 Å². The van der Waals surface area contributed by atoms with Gasteiger partial charge in [0.2, 0.25) is 0 Å². The molecule has 0 unspecified atom stereocenters. The van der Waals surface area contributed by atoms with Crippen molar-refractivity contribution in [1.82, 2.24) is 10.4 Å². The fourth-order valence-electron chi connectivity index (χ4n) is 3.73. The molecule has 178 valence electrons. The van der Waals surface area contributed by atoms with Crippen molar-refractivity contribution < 1.29 is 9.53 Å². The summed E-state index contributed by atoms with van der Waals surface area (Å²) in [5.74, 6) is 0.486. The van der Waals surface area contributed by atoms with Crippen LogP contribution in [-0.2, 0) is 6.42 Å². The molecule has 1 aromatic heterocycles. The molecular formula is C29H28ClN3O2. The van der Waals surface area contributed by atoms with Crippen LogP contribution in [0, 0.1) is 0 Å². The first kappa shape index (κ1) is 24.4. The van der Waals surface area contributed by atoms with E-state index in [4.69, 9.17) is 21.3 Å². The lowest BCUT2D eigenvalue weighted by atomic mass is 10.0. The molecule has 5 nitrogen and oxygen atoms in total. The standard InChI is InChI=1S/C29H28ClN3O2/c1-4-17-35-23-15-13-21(14-16-23)19(3)32-33-29(34)25-18-27(22-11-9-20(5-2)10-12-22)31-28-24(25)7-6-8-26(28)30/h6-16,18H,4-5,17H2,1-3H3,(H,33,34)/b32-19+. The monoisotopic (exact) mass is 485 g/mol. The zero-order valence-corrected chi connectivity index (χ0v) is 20.9. The number of ether oxygens (including phenoxy) is 1. The molecule has 1 N–H and O–H groups in total. The predicted octanol–water partition coefficient (Wildman–Crippen LogP) is 7.06. The first-order valence-electron chi connectivity index (χ1n) is 11.8. The summed E-state index contributed by atoms with van der Waals surface area (Å²) in [7, 11) is 0. The predicted molar refractivity (Wildman–Crippen MR) is 143 cm³/mol. The molecule has 35 heavy (non-hydrogen) atoms. The van der Waals surface area contributed by atoms with Crippen LogP contribution in [0.25, 0.3) is 22.2 Å². The second kappa shape index (κ2) is 11.2. The average Bonchev–Trinajstić information content (AvgIpc) is 2.90. The van der Waals surface area contributed by atoms with Crippen LogP contribution >= 0.6 is 11.6 Å². The second-order valence-electron chi connectivity index (χ2n) is 8.25. The zero-order chi connectivity index (χ0) is 24.8. The molecule has 0 aliphatic heterocycles. The molecule has 0 aliphatic rings. The maximum atomic E-state index is 13.3. The zero-order valence-electron chi connectivity index (χ0n) is 20.1. The summed E-state index contributed by atoms with van der Waals surface area (Å²) in [6.07, 6.45) is 1.91. The molecule has 1 amide bonds. The Morgan fingerprint density at radius 1 is 1.03 bits per heavy atom.